The van der Waals surface area contributed by atoms with E-state index in [1.165, 1.54) is 10.7 Å². The molecule has 2 aromatic rings. The highest BCUT2D eigenvalue weighted by molar-refractivity contribution is 5.95. The number of pyridine rings is 1. The molecule has 0 unspecified atom stereocenters. The molecule has 5 nitrogen and oxygen atoms in total. The molecule has 0 spiro atoms. The van der Waals surface area contributed by atoms with Gasteiger partial charge in [-0.3, -0.25) is 0 Å². The number of rotatable bonds is 3. The van der Waals surface area contributed by atoms with Crippen LogP contribution in [0.25, 0.3) is 5.52 Å². The molecule has 0 fully saturated rings. The van der Waals surface area contributed by atoms with Gasteiger partial charge in [0.05, 0.1) is 24.5 Å². The van der Waals surface area contributed by atoms with Crippen LogP contribution >= 0.6 is 0 Å². The molecular weight excluding hydrogens is 196 g/mol. The van der Waals surface area contributed by atoms with Crippen LogP contribution in [0.15, 0.2) is 24.5 Å². The van der Waals surface area contributed by atoms with Crippen LogP contribution in [0.4, 0.5) is 0 Å². The molecule has 1 N–H and O–H groups in total. The lowest BCUT2D eigenvalue weighted by Gasteiger charge is -2.02. The predicted molar refractivity (Wildman–Crippen MR) is 53.3 cm³/mol. The van der Waals surface area contributed by atoms with Crippen LogP contribution < -0.4 is 4.74 Å². The highest BCUT2D eigenvalue weighted by atomic mass is 16.5. The van der Waals surface area contributed by atoms with Gasteiger partial charge in [0.1, 0.15) is 11.3 Å². The molecule has 78 valence electrons. The molecule has 0 atom stereocenters. The third-order valence-corrected chi connectivity index (χ3v) is 2.03. The van der Waals surface area contributed by atoms with E-state index >= 15 is 0 Å². The molecule has 2 rings (SSSR count). The highest BCUT2D eigenvalue weighted by Gasteiger charge is 2.10. The van der Waals surface area contributed by atoms with Gasteiger partial charge in [0.15, 0.2) is 0 Å². The van der Waals surface area contributed by atoms with Crippen LogP contribution in [-0.2, 0) is 0 Å². The van der Waals surface area contributed by atoms with E-state index < -0.39 is 5.97 Å². The van der Waals surface area contributed by atoms with Crippen molar-refractivity contribution in [2.24, 2.45) is 0 Å². The Bertz CT molecular complexity index is 504. The number of carboxylic acid groups (broad SMARTS) is 1. The minimum atomic E-state index is -0.978. The standard InChI is InChI=1S/C10H10N2O3/c1-2-15-7-3-4-9-8(10(13)14)5-11-12(9)6-7/h3-6H,2H2,1H3,(H,13,14). The van der Waals surface area contributed by atoms with Crippen LogP contribution in [0.5, 0.6) is 5.75 Å². The monoisotopic (exact) mass is 206 g/mol. The average molecular weight is 206 g/mol. The summed E-state index contributed by atoms with van der Waals surface area (Å²) in [4.78, 5) is 10.8. The Labute approximate surface area is 85.9 Å². The lowest BCUT2D eigenvalue weighted by molar-refractivity contribution is 0.0699. The van der Waals surface area contributed by atoms with Crippen LogP contribution in [0.3, 0.4) is 0 Å². The van der Waals surface area contributed by atoms with E-state index in [1.807, 2.05) is 6.92 Å². The Morgan fingerprint density at radius 3 is 3.07 bits per heavy atom. The molecule has 15 heavy (non-hydrogen) atoms. The van der Waals surface area contributed by atoms with Crippen LogP contribution in [0.2, 0.25) is 0 Å². The largest absolute Gasteiger partial charge is 0.492 e. The third-order valence-electron chi connectivity index (χ3n) is 2.03. The minimum Gasteiger partial charge on any atom is -0.492 e. The minimum absolute atomic E-state index is 0.193. The second-order valence-corrected chi connectivity index (χ2v) is 2.99. The molecule has 0 aliphatic rings. The normalized spacial score (nSPS) is 10.5. The summed E-state index contributed by atoms with van der Waals surface area (Å²) >= 11 is 0. The summed E-state index contributed by atoms with van der Waals surface area (Å²) in [5, 5.41) is 12.8. The first-order valence-electron chi connectivity index (χ1n) is 4.56. The van der Waals surface area contributed by atoms with Crippen LogP contribution in [-0.4, -0.2) is 27.3 Å². The van der Waals surface area contributed by atoms with Gasteiger partial charge in [0.25, 0.3) is 0 Å². The van der Waals surface area contributed by atoms with Gasteiger partial charge in [0.2, 0.25) is 0 Å². The highest BCUT2D eigenvalue weighted by Crippen LogP contribution is 2.16. The predicted octanol–water partition coefficient (Wildman–Crippen LogP) is 1.43. The molecule has 0 aliphatic heterocycles. The van der Waals surface area contributed by atoms with Crippen LogP contribution in [0.1, 0.15) is 17.3 Å². The molecule has 0 saturated carbocycles. The number of hydrogen-bond donors (Lipinski definition) is 1. The average Bonchev–Trinajstić information content (AvgIpc) is 2.61. The van der Waals surface area contributed by atoms with E-state index in [1.54, 1.807) is 18.3 Å². The van der Waals surface area contributed by atoms with E-state index in [-0.39, 0.29) is 5.56 Å². The van der Waals surface area contributed by atoms with Gasteiger partial charge in [-0.05, 0) is 19.1 Å². The van der Waals surface area contributed by atoms with Gasteiger partial charge in [-0.1, -0.05) is 0 Å². The van der Waals surface area contributed by atoms with Crippen molar-refractivity contribution < 1.29 is 14.6 Å². The molecule has 0 amide bonds. The molecule has 0 bridgehead atoms. The Hall–Kier alpha value is -2.04. The van der Waals surface area contributed by atoms with Gasteiger partial charge < -0.3 is 9.84 Å². The lowest BCUT2D eigenvalue weighted by atomic mass is 10.2. The summed E-state index contributed by atoms with van der Waals surface area (Å²) in [5.74, 6) is -0.306. The summed E-state index contributed by atoms with van der Waals surface area (Å²) in [6, 6.07) is 3.41. The maximum Gasteiger partial charge on any atom is 0.339 e. The lowest BCUT2D eigenvalue weighted by Crippen LogP contribution is -1.97. The number of nitrogens with zero attached hydrogens (tertiary/aromatic N) is 2. The second kappa shape index (κ2) is 3.61. The molecule has 5 heteroatoms. The van der Waals surface area contributed by atoms with Gasteiger partial charge in [-0.15, -0.1) is 0 Å². The molecule has 2 aromatic heterocycles. The first-order chi connectivity index (χ1) is 7.22. The van der Waals surface area contributed by atoms with E-state index in [0.29, 0.717) is 17.9 Å². The third kappa shape index (κ3) is 1.63. The van der Waals surface area contributed by atoms with Gasteiger partial charge in [-0.25, -0.2) is 9.31 Å². The number of aromatic carboxylic acids is 1. The van der Waals surface area contributed by atoms with E-state index in [4.69, 9.17) is 9.84 Å². The Morgan fingerprint density at radius 1 is 1.60 bits per heavy atom. The van der Waals surface area contributed by atoms with Gasteiger partial charge >= 0.3 is 5.97 Å². The number of hydrogen-bond acceptors (Lipinski definition) is 3. The van der Waals surface area contributed by atoms with Gasteiger partial charge in [0, 0.05) is 0 Å². The van der Waals surface area contributed by atoms with E-state index in [0.717, 1.165) is 0 Å². The summed E-state index contributed by atoms with van der Waals surface area (Å²) in [6.07, 6.45) is 2.98. The van der Waals surface area contributed by atoms with Crippen molar-refractivity contribution >= 4 is 11.5 Å². The quantitative estimate of drug-likeness (QED) is 0.825. The van der Waals surface area contributed by atoms with Crippen molar-refractivity contribution in [3.8, 4) is 5.75 Å². The number of carbonyl (C=O) groups is 1. The fraction of sp³-hybridized carbons (Fsp3) is 0.200. The number of aromatic nitrogens is 2. The maximum atomic E-state index is 10.8. The summed E-state index contributed by atoms with van der Waals surface area (Å²) in [7, 11) is 0. The molecule has 0 saturated heterocycles. The van der Waals surface area contributed by atoms with Gasteiger partial charge in [-0.2, -0.15) is 5.10 Å². The number of fused-ring (bicyclic) bond motifs is 1. The topological polar surface area (TPSA) is 63.8 Å². The number of carboxylic acids is 1. The fourth-order valence-electron chi connectivity index (χ4n) is 1.38. The number of ether oxygens (including phenoxy) is 1. The Kier molecular flexibility index (Phi) is 2.29. The van der Waals surface area contributed by atoms with Crippen LogP contribution in [0, 0.1) is 0 Å². The molecule has 0 aromatic carbocycles. The zero-order chi connectivity index (χ0) is 10.8. The van der Waals surface area contributed by atoms with Crippen molar-refractivity contribution in [1.82, 2.24) is 9.61 Å². The molecule has 2 heterocycles. The van der Waals surface area contributed by atoms with Crippen molar-refractivity contribution in [1.29, 1.82) is 0 Å². The van der Waals surface area contributed by atoms with E-state index in [2.05, 4.69) is 5.10 Å². The molecule has 0 aliphatic carbocycles. The van der Waals surface area contributed by atoms with Crippen molar-refractivity contribution in [2.75, 3.05) is 6.61 Å². The Morgan fingerprint density at radius 2 is 2.40 bits per heavy atom. The first-order valence-corrected chi connectivity index (χ1v) is 4.56. The Balaban J connectivity index is 2.51. The molecule has 0 radical (unpaired) electrons. The SMILES string of the molecule is CCOc1ccc2c(C(=O)O)cnn2c1. The first kappa shape index (κ1) is 9.51. The maximum absolute atomic E-state index is 10.8. The smallest absolute Gasteiger partial charge is 0.339 e. The fourth-order valence-corrected chi connectivity index (χ4v) is 1.38. The zero-order valence-corrected chi connectivity index (χ0v) is 8.17. The molecular formula is C10H10N2O3. The summed E-state index contributed by atoms with van der Waals surface area (Å²) < 4.78 is 6.77. The van der Waals surface area contributed by atoms with Crippen molar-refractivity contribution in [2.45, 2.75) is 6.92 Å². The van der Waals surface area contributed by atoms with Crippen molar-refractivity contribution in [3.63, 3.8) is 0 Å². The zero-order valence-electron chi connectivity index (χ0n) is 8.17. The summed E-state index contributed by atoms with van der Waals surface area (Å²) in [5.41, 5.74) is 0.754. The summed E-state index contributed by atoms with van der Waals surface area (Å²) in [6.45, 7) is 2.45. The van der Waals surface area contributed by atoms with E-state index in [9.17, 15) is 4.79 Å². The van der Waals surface area contributed by atoms with Crippen molar-refractivity contribution in [3.05, 3.63) is 30.1 Å². The second-order valence-electron chi connectivity index (χ2n) is 2.99.